The summed E-state index contributed by atoms with van der Waals surface area (Å²) >= 11 is 9.71. The molecule has 172 valence electrons. The van der Waals surface area contributed by atoms with Gasteiger partial charge in [0.15, 0.2) is 11.5 Å². The van der Waals surface area contributed by atoms with Crippen molar-refractivity contribution < 1.29 is 19.2 Å². The molecule has 0 saturated heterocycles. The zero-order valence-corrected chi connectivity index (χ0v) is 20.1. The molecule has 10 heteroatoms. The van der Waals surface area contributed by atoms with Crippen molar-refractivity contribution >= 4 is 50.9 Å². The Morgan fingerprint density at radius 2 is 2.00 bits per heavy atom. The predicted octanol–water partition coefficient (Wildman–Crippen LogP) is 6.14. The molecule has 1 amide bonds. The van der Waals surface area contributed by atoms with Crippen LogP contribution in [-0.2, 0) is 11.4 Å². The number of hydrogen-bond acceptors (Lipinski definition) is 6. The number of carbonyl (C=O) groups is 1. The summed E-state index contributed by atoms with van der Waals surface area (Å²) in [5.41, 5.74) is 1.37. The fraction of sp³-hybridized carbons (Fsp3) is 0.0833. The zero-order valence-electron chi connectivity index (χ0n) is 17.7. The number of nitrogens with one attached hydrogen (secondary N) is 1. The van der Waals surface area contributed by atoms with Gasteiger partial charge in [-0.3, -0.25) is 14.9 Å². The molecular weight excluding hydrogens is 526 g/mol. The highest BCUT2D eigenvalue weighted by Crippen LogP contribution is 2.37. The number of hydrogen-bond donors (Lipinski definition) is 1. The Bertz CT molecular complexity index is 1320. The van der Waals surface area contributed by atoms with Gasteiger partial charge in [-0.25, -0.2) is 0 Å². The summed E-state index contributed by atoms with van der Waals surface area (Å²) in [5.74, 6) is -0.0829. The molecule has 0 saturated carbocycles. The van der Waals surface area contributed by atoms with Crippen LogP contribution in [0.5, 0.6) is 11.5 Å². The highest BCUT2D eigenvalue weighted by atomic mass is 79.9. The van der Waals surface area contributed by atoms with Crippen LogP contribution < -0.4 is 14.8 Å². The fourth-order valence-corrected chi connectivity index (χ4v) is 3.63. The third kappa shape index (κ3) is 6.34. The third-order valence-corrected chi connectivity index (χ3v) is 5.29. The lowest BCUT2D eigenvalue weighted by molar-refractivity contribution is -0.384. The Balaban J connectivity index is 1.82. The van der Waals surface area contributed by atoms with Gasteiger partial charge in [0.05, 0.1) is 17.1 Å². The number of nitriles is 1. The van der Waals surface area contributed by atoms with Crippen LogP contribution in [-0.4, -0.2) is 17.9 Å². The molecule has 8 nitrogen and oxygen atoms in total. The monoisotopic (exact) mass is 541 g/mol. The molecule has 0 aliphatic carbocycles. The zero-order chi connectivity index (χ0) is 24.7. The van der Waals surface area contributed by atoms with Crippen LogP contribution >= 0.6 is 27.5 Å². The topological polar surface area (TPSA) is 114 Å². The molecule has 1 N–H and O–H groups in total. The summed E-state index contributed by atoms with van der Waals surface area (Å²) in [6.07, 6.45) is 1.38. The van der Waals surface area contributed by atoms with Crippen molar-refractivity contribution in [1.29, 1.82) is 5.26 Å². The molecule has 0 aromatic heterocycles. The molecule has 0 radical (unpaired) electrons. The maximum atomic E-state index is 12.5. The number of carbonyl (C=O) groups excluding carboxylic acids is 1. The number of methoxy groups -OCH3 is 1. The number of anilines is 1. The average molecular weight is 543 g/mol. The maximum absolute atomic E-state index is 12.5. The van der Waals surface area contributed by atoms with E-state index in [0.717, 1.165) is 4.47 Å². The van der Waals surface area contributed by atoms with Crippen molar-refractivity contribution in [2.45, 2.75) is 6.61 Å². The summed E-state index contributed by atoms with van der Waals surface area (Å²) in [6.45, 7) is 0.0193. The highest BCUT2D eigenvalue weighted by molar-refractivity contribution is 9.10. The number of nitro groups is 1. The number of nitrogens with zero attached hydrogens (tertiary/aromatic N) is 2. The van der Waals surface area contributed by atoms with Crippen LogP contribution in [0.25, 0.3) is 6.08 Å². The Morgan fingerprint density at radius 1 is 1.24 bits per heavy atom. The van der Waals surface area contributed by atoms with Gasteiger partial charge in [-0.15, -0.1) is 0 Å². The number of rotatable bonds is 8. The van der Waals surface area contributed by atoms with Crippen LogP contribution in [0.4, 0.5) is 11.4 Å². The van der Waals surface area contributed by atoms with E-state index in [1.165, 1.54) is 31.4 Å². The van der Waals surface area contributed by atoms with Crippen LogP contribution in [0.15, 0.2) is 70.7 Å². The molecule has 0 unspecified atom stereocenters. The minimum absolute atomic E-state index is 0.0193. The van der Waals surface area contributed by atoms with Gasteiger partial charge in [0.1, 0.15) is 18.2 Å². The van der Waals surface area contributed by atoms with Crippen molar-refractivity contribution in [3.63, 3.8) is 0 Å². The number of non-ortho nitro benzene ring substituents is 1. The smallest absolute Gasteiger partial charge is 0.269 e. The van der Waals surface area contributed by atoms with E-state index in [9.17, 15) is 20.2 Å². The van der Waals surface area contributed by atoms with E-state index in [0.29, 0.717) is 16.8 Å². The summed E-state index contributed by atoms with van der Waals surface area (Å²) < 4.78 is 11.9. The second-order valence-corrected chi connectivity index (χ2v) is 8.21. The van der Waals surface area contributed by atoms with Crippen molar-refractivity contribution in [1.82, 2.24) is 0 Å². The van der Waals surface area contributed by atoms with Gasteiger partial charge < -0.3 is 14.8 Å². The van der Waals surface area contributed by atoms with E-state index in [-0.39, 0.29) is 34.4 Å². The SMILES string of the molecule is COc1cc(/C=C(/C#N)C(=O)Nc2cccc(Br)c2)cc(Cl)c1OCc1cccc([N+](=O)[O-])c1. The van der Waals surface area contributed by atoms with Crippen LogP contribution in [0.1, 0.15) is 11.1 Å². The van der Waals surface area contributed by atoms with Crippen molar-refractivity contribution in [2.75, 3.05) is 12.4 Å². The van der Waals surface area contributed by atoms with E-state index in [1.54, 1.807) is 36.4 Å². The first-order chi connectivity index (χ1) is 16.3. The molecule has 0 spiro atoms. The number of ether oxygens (including phenoxy) is 2. The number of amides is 1. The summed E-state index contributed by atoms with van der Waals surface area (Å²) in [5, 5.41) is 23.3. The molecule has 3 rings (SSSR count). The predicted molar refractivity (Wildman–Crippen MR) is 132 cm³/mol. The van der Waals surface area contributed by atoms with Crippen LogP contribution in [0.3, 0.4) is 0 Å². The van der Waals surface area contributed by atoms with Gasteiger partial charge in [-0.05, 0) is 47.5 Å². The largest absolute Gasteiger partial charge is 0.493 e. The van der Waals surface area contributed by atoms with Crippen LogP contribution in [0, 0.1) is 21.4 Å². The second kappa shape index (κ2) is 11.3. The fourth-order valence-electron chi connectivity index (χ4n) is 2.96. The Kier molecular flexibility index (Phi) is 8.24. The molecule has 0 aliphatic heterocycles. The van der Waals surface area contributed by atoms with Crippen LogP contribution in [0.2, 0.25) is 5.02 Å². The highest BCUT2D eigenvalue weighted by Gasteiger charge is 2.15. The van der Waals surface area contributed by atoms with E-state index in [4.69, 9.17) is 21.1 Å². The minimum Gasteiger partial charge on any atom is -0.493 e. The summed E-state index contributed by atoms with van der Waals surface area (Å²) in [6, 6.07) is 18.0. The molecule has 0 aliphatic rings. The van der Waals surface area contributed by atoms with Gasteiger partial charge in [-0.2, -0.15) is 5.26 Å². The van der Waals surface area contributed by atoms with Gasteiger partial charge in [-0.1, -0.05) is 45.7 Å². The molecule has 34 heavy (non-hydrogen) atoms. The van der Waals surface area contributed by atoms with Crippen molar-refractivity contribution in [2.24, 2.45) is 0 Å². The van der Waals surface area contributed by atoms with Crippen molar-refractivity contribution in [3.05, 3.63) is 97.0 Å². The van der Waals surface area contributed by atoms with Gasteiger partial charge in [0.2, 0.25) is 0 Å². The lowest BCUT2D eigenvalue weighted by Gasteiger charge is -2.13. The van der Waals surface area contributed by atoms with E-state index in [1.807, 2.05) is 12.1 Å². The Hall–Kier alpha value is -3.87. The maximum Gasteiger partial charge on any atom is 0.269 e. The minimum atomic E-state index is -0.582. The van der Waals surface area contributed by atoms with E-state index in [2.05, 4.69) is 21.2 Å². The lowest BCUT2D eigenvalue weighted by Crippen LogP contribution is -2.13. The molecular formula is C24H17BrClN3O5. The third-order valence-electron chi connectivity index (χ3n) is 4.51. The van der Waals surface area contributed by atoms with Gasteiger partial charge in [0, 0.05) is 22.3 Å². The first kappa shape index (κ1) is 24.8. The molecule has 0 heterocycles. The Morgan fingerprint density at radius 3 is 2.68 bits per heavy atom. The average Bonchev–Trinajstić information content (AvgIpc) is 2.81. The first-order valence-electron chi connectivity index (χ1n) is 9.73. The van der Waals surface area contributed by atoms with E-state index >= 15 is 0 Å². The first-order valence-corrected chi connectivity index (χ1v) is 10.9. The molecule has 0 atom stereocenters. The molecule has 3 aromatic carbocycles. The molecule has 3 aromatic rings. The number of benzene rings is 3. The number of nitro benzene ring substituents is 1. The lowest BCUT2D eigenvalue weighted by atomic mass is 10.1. The quantitative estimate of drug-likeness (QED) is 0.158. The second-order valence-electron chi connectivity index (χ2n) is 6.88. The summed E-state index contributed by atoms with van der Waals surface area (Å²) in [4.78, 5) is 23.0. The molecule has 0 fully saturated rings. The van der Waals surface area contributed by atoms with Crippen molar-refractivity contribution in [3.8, 4) is 17.6 Å². The number of halogens is 2. The van der Waals surface area contributed by atoms with E-state index < -0.39 is 10.8 Å². The normalized spacial score (nSPS) is 10.8. The Labute approximate surface area is 208 Å². The van der Waals surface area contributed by atoms with Gasteiger partial charge in [0.25, 0.3) is 11.6 Å². The summed E-state index contributed by atoms with van der Waals surface area (Å²) in [7, 11) is 1.42. The standard InChI is InChI=1S/C24H17BrClN3O5/c1-33-22-11-16(8-17(13-27)24(30)28-19-6-3-5-18(25)12-19)10-21(26)23(22)34-14-15-4-2-7-20(9-15)29(31)32/h2-12H,14H2,1H3,(H,28,30)/b17-8-. The van der Waals surface area contributed by atoms with Gasteiger partial charge >= 0.3 is 0 Å². The molecule has 0 bridgehead atoms.